The Kier molecular flexibility index (Phi) is 6.62. The lowest BCUT2D eigenvalue weighted by Crippen LogP contribution is -2.51. The number of amides is 2. The van der Waals surface area contributed by atoms with Crippen LogP contribution in [0, 0.1) is 0 Å². The van der Waals surface area contributed by atoms with E-state index in [1.807, 2.05) is 9.80 Å². The van der Waals surface area contributed by atoms with Gasteiger partial charge in [0.25, 0.3) is 0 Å². The molecule has 2 aliphatic heterocycles. The summed E-state index contributed by atoms with van der Waals surface area (Å²) >= 11 is 5.10. The normalized spacial score (nSPS) is 26.0. The molecule has 1 aromatic heterocycles. The molecule has 0 bridgehead atoms. The molecule has 2 amide bonds. The number of carbonyl (C=O) groups excluding carboxylic acids is 1. The zero-order chi connectivity index (χ0) is 18.6. The van der Waals surface area contributed by atoms with Crippen LogP contribution in [0.25, 0.3) is 0 Å². The fourth-order valence-electron chi connectivity index (χ4n) is 4.30. The number of halogens is 1. The van der Waals surface area contributed by atoms with E-state index in [9.17, 15) is 4.79 Å². The first kappa shape index (κ1) is 19.5. The Morgan fingerprint density at radius 3 is 2.56 bits per heavy atom. The molecular weight excluding hydrogens is 430 g/mol. The van der Waals surface area contributed by atoms with Crippen molar-refractivity contribution in [1.29, 1.82) is 0 Å². The number of aromatic nitrogens is 2. The number of hydrogen-bond donors (Lipinski definition) is 0. The van der Waals surface area contributed by atoms with Crippen molar-refractivity contribution in [2.45, 2.75) is 50.6 Å². The number of urea groups is 1. The van der Waals surface area contributed by atoms with E-state index in [0.29, 0.717) is 19.0 Å². The number of alkyl halides is 1. The van der Waals surface area contributed by atoms with Gasteiger partial charge in [-0.25, -0.2) is 9.69 Å². The van der Waals surface area contributed by atoms with Crippen LogP contribution in [0.4, 0.5) is 9.93 Å². The molecule has 3 heterocycles. The van der Waals surface area contributed by atoms with Crippen molar-refractivity contribution in [2.24, 2.45) is 0 Å². The average Bonchev–Trinajstić information content (AvgIpc) is 3.18. The molecular formula is C18H28BrN5O2S. The van der Waals surface area contributed by atoms with Crippen molar-refractivity contribution < 1.29 is 9.53 Å². The molecule has 0 spiro atoms. The monoisotopic (exact) mass is 457 g/mol. The minimum atomic E-state index is 0.0235. The zero-order valence-electron chi connectivity index (χ0n) is 15.7. The first-order valence-corrected chi connectivity index (χ1v) is 12.0. The van der Waals surface area contributed by atoms with E-state index in [2.05, 4.69) is 31.0 Å². The summed E-state index contributed by atoms with van der Waals surface area (Å²) in [5.41, 5.74) is 0. The second kappa shape index (κ2) is 9.15. The Labute approximate surface area is 173 Å². The molecule has 1 aliphatic carbocycles. The molecule has 1 atom stereocenters. The lowest BCUT2D eigenvalue weighted by molar-refractivity contribution is 0.0190. The molecule has 1 saturated carbocycles. The quantitative estimate of drug-likeness (QED) is 0.501. The lowest BCUT2D eigenvalue weighted by atomic mass is 10.0. The van der Waals surface area contributed by atoms with Gasteiger partial charge < -0.3 is 9.64 Å². The third-order valence-electron chi connectivity index (χ3n) is 5.82. The van der Waals surface area contributed by atoms with E-state index in [0.717, 1.165) is 41.8 Å². The van der Waals surface area contributed by atoms with Gasteiger partial charge in [-0.2, -0.15) is 0 Å². The Morgan fingerprint density at radius 1 is 1.11 bits per heavy atom. The highest BCUT2D eigenvalue weighted by Crippen LogP contribution is 2.37. The smallest absolute Gasteiger partial charge is 0.327 e. The maximum absolute atomic E-state index is 13.1. The maximum atomic E-state index is 13.1. The van der Waals surface area contributed by atoms with E-state index in [1.54, 1.807) is 11.3 Å². The van der Waals surface area contributed by atoms with Gasteiger partial charge >= 0.3 is 6.03 Å². The topological polar surface area (TPSA) is 61.8 Å². The first-order chi connectivity index (χ1) is 13.3. The molecule has 1 aromatic rings. The molecule has 2 saturated heterocycles. The third kappa shape index (κ3) is 4.31. The average molecular weight is 458 g/mol. The van der Waals surface area contributed by atoms with Crippen molar-refractivity contribution in [3.63, 3.8) is 0 Å². The number of rotatable bonds is 5. The number of carbonyl (C=O) groups is 1. The summed E-state index contributed by atoms with van der Waals surface area (Å²) in [6.07, 6.45) is 7.63. The van der Waals surface area contributed by atoms with Crippen molar-refractivity contribution in [3.8, 4) is 0 Å². The van der Waals surface area contributed by atoms with Crippen LogP contribution >= 0.6 is 27.3 Å². The summed E-state index contributed by atoms with van der Waals surface area (Å²) in [5, 5.41) is 11.6. The van der Waals surface area contributed by atoms with Gasteiger partial charge in [0.1, 0.15) is 11.2 Å². The van der Waals surface area contributed by atoms with Crippen LogP contribution in [0.2, 0.25) is 0 Å². The van der Waals surface area contributed by atoms with Gasteiger partial charge in [0.15, 0.2) is 0 Å². The molecule has 4 rings (SSSR count). The largest absolute Gasteiger partial charge is 0.379 e. The number of nitrogens with zero attached hydrogens (tertiary/aromatic N) is 5. The molecule has 1 unspecified atom stereocenters. The Bertz CT molecular complexity index is 631. The van der Waals surface area contributed by atoms with E-state index >= 15 is 0 Å². The van der Waals surface area contributed by atoms with E-state index in [1.165, 1.54) is 38.5 Å². The summed E-state index contributed by atoms with van der Waals surface area (Å²) in [4.78, 5) is 19.3. The van der Waals surface area contributed by atoms with Gasteiger partial charge in [-0.1, -0.05) is 53.0 Å². The third-order valence-corrected chi connectivity index (χ3v) is 7.26. The highest BCUT2D eigenvalue weighted by atomic mass is 79.9. The van der Waals surface area contributed by atoms with E-state index in [-0.39, 0.29) is 12.2 Å². The fraction of sp³-hybridized carbons (Fsp3) is 0.833. The Balaban J connectivity index is 1.55. The van der Waals surface area contributed by atoms with Crippen molar-refractivity contribution in [2.75, 3.05) is 49.6 Å². The number of anilines is 1. The van der Waals surface area contributed by atoms with Crippen molar-refractivity contribution in [3.05, 3.63) is 5.01 Å². The van der Waals surface area contributed by atoms with Crippen LogP contribution in [0.5, 0.6) is 0 Å². The molecule has 0 aromatic carbocycles. The predicted molar refractivity (Wildman–Crippen MR) is 110 cm³/mol. The second-order valence-corrected chi connectivity index (χ2v) is 9.31. The molecule has 27 heavy (non-hydrogen) atoms. The Morgan fingerprint density at radius 2 is 1.85 bits per heavy atom. The van der Waals surface area contributed by atoms with E-state index in [4.69, 9.17) is 4.74 Å². The molecule has 7 nitrogen and oxygen atoms in total. The SMILES string of the molecule is O=C1N(CCBr)CC(N2CCOCC2)N1c1nnc(C2CCCCCC2)s1. The standard InChI is InChI=1S/C18H28BrN5O2S/c19-7-8-23-13-15(22-9-11-26-12-10-22)24(18(23)25)17-21-20-16(27-17)14-5-3-1-2-4-6-14/h14-15H,1-13H2. The molecule has 0 N–H and O–H groups in total. The van der Waals surface area contributed by atoms with E-state index < -0.39 is 0 Å². The lowest BCUT2D eigenvalue weighted by Gasteiger charge is -2.34. The first-order valence-electron chi connectivity index (χ1n) is 10.1. The van der Waals surface area contributed by atoms with Gasteiger partial charge in [-0.05, 0) is 12.8 Å². The highest BCUT2D eigenvalue weighted by Gasteiger charge is 2.43. The summed E-state index contributed by atoms with van der Waals surface area (Å²) in [6, 6.07) is 0.0505. The van der Waals surface area contributed by atoms with Gasteiger partial charge in [0.05, 0.1) is 19.8 Å². The van der Waals surface area contributed by atoms with Gasteiger partial charge in [-0.15, -0.1) is 10.2 Å². The molecule has 9 heteroatoms. The number of hydrogen-bond acceptors (Lipinski definition) is 6. The van der Waals surface area contributed by atoms with Crippen LogP contribution < -0.4 is 4.90 Å². The van der Waals surface area contributed by atoms with Crippen LogP contribution in [-0.2, 0) is 4.74 Å². The molecule has 0 radical (unpaired) electrons. The second-order valence-electron chi connectivity index (χ2n) is 7.53. The van der Waals surface area contributed by atoms with Gasteiger partial charge in [0.2, 0.25) is 5.13 Å². The van der Waals surface area contributed by atoms with Crippen LogP contribution in [0.1, 0.15) is 49.5 Å². The minimum absolute atomic E-state index is 0.0235. The molecule has 150 valence electrons. The van der Waals surface area contributed by atoms with Crippen molar-refractivity contribution in [1.82, 2.24) is 20.0 Å². The summed E-state index contributed by atoms with van der Waals surface area (Å²) in [7, 11) is 0. The maximum Gasteiger partial charge on any atom is 0.327 e. The molecule has 3 aliphatic rings. The fourth-order valence-corrected chi connectivity index (χ4v) is 5.78. The predicted octanol–water partition coefficient (Wildman–Crippen LogP) is 3.27. The van der Waals surface area contributed by atoms with Crippen molar-refractivity contribution >= 4 is 38.4 Å². The van der Waals surface area contributed by atoms with Crippen LogP contribution in [0.15, 0.2) is 0 Å². The molecule has 3 fully saturated rings. The zero-order valence-corrected chi connectivity index (χ0v) is 18.1. The van der Waals surface area contributed by atoms with Crippen LogP contribution in [0.3, 0.4) is 0 Å². The minimum Gasteiger partial charge on any atom is -0.379 e. The highest BCUT2D eigenvalue weighted by molar-refractivity contribution is 9.09. The summed E-state index contributed by atoms with van der Waals surface area (Å²) < 4.78 is 5.51. The number of ether oxygens (including phenoxy) is 1. The Hall–Kier alpha value is -0.770. The summed E-state index contributed by atoms with van der Waals surface area (Å²) in [5.74, 6) is 0.511. The number of morpholine rings is 1. The van der Waals surface area contributed by atoms with Crippen LogP contribution in [-0.4, -0.2) is 76.9 Å². The van der Waals surface area contributed by atoms with Gasteiger partial charge in [-0.3, -0.25) is 4.90 Å². The summed E-state index contributed by atoms with van der Waals surface area (Å²) in [6.45, 7) is 4.57. The van der Waals surface area contributed by atoms with Gasteiger partial charge in [0, 0.05) is 30.9 Å².